The van der Waals surface area contributed by atoms with Crippen LogP contribution < -0.4 is 25.4 Å². The van der Waals surface area contributed by atoms with Gasteiger partial charge in [-0.2, -0.15) is 0 Å². The van der Waals surface area contributed by atoms with Gasteiger partial charge in [0, 0.05) is 43.7 Å². The first kappa shape index (κ1) is 33.3. The van der Waals surface area contributed by atoms with Crippen LogP contribution in [0.15, 0.2) is 113 Å². The summed E-state index contributed by atoms with van der Waals surface area (Å²) in [5, 5.41) is 11.4. The van der Waals surface area contributed by atoms with Crippen molar-refractivity contribution in [3.63, 3.8) is 0 Å². The Morgan fingerprint density at radius 2 is 1.64 bits per heavy atom. The Morgan fingerprint density at radius 3 is 2.34 bits per heavy atom. The van der Waals surface area contributed by atoms with E-state index >= 15 is 0 Å². The molecule has 9 nitrogen and oxygen atoms in total. The highest BCUT2D eigenvalue weighted by Gasteiger charge is 2.17. The molecule has 0 unspecified atom stereocenters. The second-order valence-electron chi connectivity index (χ2n) is 9.85. The fraction of sp³-hybridized carbons (Fsp3) is 0.0857. The topological polar surface area (TPSA) is 119 Å². The van der Waals surface area contributed by atoms with Crippen LogP contribution in [0.3, 0.4) is 0 Å². The Bertz CT molecular complexity index is 1900. The summed E-state index contributed by atoms with van der Waals surface area (Å²) >= 11 is 8.66. The molecule has 4 aromatic carbocycles. The monoisotopic (exact) mass is 684 g/mol. The standard InChI is InChI=1S/C35H29ClN4O5S2/c1-44-27-15-10-24(31(19-27)45-2)18-29(38-33(42)23-6-4-3-5-7-23)34(43)37-26-13-16-28(17-14-26)46-21-32(41)40-35-39-30(20-47-35)22-8-11-25(36)12-9-22/h3-20H,21H2,1-2H3,(H,37,43)(H,38,42)(H,39,40,41)/b29-18-. The average Bonchev–Trinajstić information content (AvgIpc) is 3.56. The van der Waals surface area contributed by atoms with Crippen molar-refractivity contribution < 1.29 is 23.9 Å². The van der Waals surface area contributed by atoms with Gasteiger partial charge in [-0.25, -0.2) is 4.98 Å². The number of thiazole rings is 1. The van der Waals surface area contributed by atoms with Crippen molar-refractivity contribution in [3.05, 3.63) is 124 Å². The number of thioether (sulfide) groups is 1. The molecule has 0 radical (unpaired) electrons. The molecule has 0 aliphatic carbocycles. The zero-order chi connectivity index (χ0) is 33.2. The highest BCUT2D eigenvalue weighted by molar-refractivity contribution is 8.00. The van der Waals surface area contributed by atoms with Gasteiger partial charge in [0.1, 0.15) is 17.2 Å². The van der Waals surface area contributed by atoms with E-state index in [9.17, 15) is 14.4 Å². The van der Waals surface area contributed by atoms with Crippen molar-refractivity contribution in [1.82, 2.24) is 10.3 Å². The fourth-order valence-corrected chi connectivity index (χ4v) is 5.82. The second-order valence-corrected chi connectivity index (χ2v) is 12.2. The second kappa shape index (κ2) is 15.9. The molecule has 3 N–H and O–H groups in total. The summed E-state index contributed by atoms with van der Waals surface area (Å²) in [6.45, 7) is 0. The largest absolute Gasteiger partial charge is 0.497 e. The summed E-state index contributed by atoms with van der Waals surface area (Å²) in [4.78, 5) is 44.4. The molecule has 12 heteroatoms. The SMILES string of the molecule is COc1ccc(/C=C(\NC(=O)c2ccccc2)C(=O)Nc2ccc(SCC(=O)Nc3nc(-c4ccc(Cl)cc4)cs3)cc2)c(OC)c1. The normalized spacial score (nSPS) is 11.0. The van der Waals surface area contributed by atoms with Gasteiger partial charge in [0.15, 0.2) is 5.13 Å². The molecule has 0 atom stereocenters. The van der Waals surface area contributed by atoms with Crippen molar-refractivity contribution >= 4 is 69.3 Å². The van der Waals surface area contributed by atoms with E-state index in [1.807, 2.05) is 17.5 Å². The number of carbonyl (C=O) groups excluding carboxylic acids is 3. The van der Waals surface area contributed by atoms with Gasteiger partial charge < -0.3 is 25.4 Å². The molecule has 238 valence electrons. The minimum Gasteiger partial charge on any atom is -0.497 e. The molecule has 0 aliphatic heterocycles. The summed E-state index contributed by atoms with van der Waals surface area (Å²) < 4.78 is 10.8. The first-order valence-corrected chi connectivity index (χ1v) is 16.4. The molecule has 0 saturated heterocycles. The number of methoxy groups -OCH3 is 2. The molecule has 0 aliphatic rings. The average molecular weight is 685 g/mol. The summed E-state index contributed by atoms with van der Waals surface area (Å²) in [6, 6.07) is 28.1. The summed E-state index contributed by atoms with van der Waals surface area (Å²) in [5.74, 6) is 0.0501. The Kier molecular flexibility index (Phi) is 11.3. The molecule has 3 amide bonds. The van der Waals surface area contributed by atoms with Crippen LogP contribution in [0, 0.1) is 0 Å². The number of aromatic nitrogens is 1. The Balaban J connectivity index is 1.22. The number of halogens is 1. The van der Waals surface area contributed by atoms with Gasteiger partial charge in [0.25, 0.3) is 11.8 Å². The van der Waals surface area contributed by atoms with E-state index in [4.69, 9.17) is 21.1 Å². The van der Waals surface area contributed by atoms with Crippen molar-refractivity contribution in [3.8, 4) is 22.8 Å². The number of anilines is 2. The molecule has 0 fully saturated rings. The van der Waals surface area contributed by atoms with E-state index in [2.05, 4.69) is 20.9 Å². The molecule has 47 heavy (non-hydrogen) atoms. The number of ether oxygens (including phenoxy) is 2. The lowest BCUT2D eigenvalue weighted by atomic mass is 10.1. The number of nitrogens with one attached hydrogen (secondary N) is 3. The number of rotatable bonds is 12. The van der Waals surface area contributed by atoms with Crippen molar-refractivity contribution in [2.45, 2.75) is 4.90 Å². The van der Waals surface area contributed by atoms with Crippen LogP contribution in [-0.4, -0.2) is 42.7 Å². The summed E-state index contributed by atoms with van der Waals surface area (Å²) in [6.07, 6.45) is 1.54. The zero-order valence-corrected chi connectivity index (χ0v) is 27.7. The minimum atomic E-state index is -0.534. The van der Waals surface area contributed by atoms with Crippen molar-refractivity contribution in [1.29, 1.82) is 0 Å². The van der Waals surface area contributed by atoms with Crippen LogP contribution in [0.2, 0.25) is 5.02 Å². The van der Waals surface area contributed by atoms with E-state index in [1.54, 1.807) is 92.0 Å². The number of hydrogen-bond donors (Lipinski definition) is 3. The molecule has 1 aromatic heterocycles. The first-order valence-electron chi connectivity index (χ1n) is 14.2. The lowest BCUT2D eigenvalue weighted by Crippen LogP contribution is -2.30. The van der Waals surface area contributed by atoms with Gasteiger partial charge in [0.05, 0.1) is 25.7 Å². The van der Waals surface area contributed by atoms with Crippen molar-refractivity contribution in [2.24, 2.45) is 0 Å². The van der Waals surface area contributed by atoms with Crippen LogP contribution in [0.1, 0.15) is 15.9 Å². The highest BCUT2D eigenvalue weighted by atomic mass is 35.5. The summed E-state index contributed by atoms with van der Waals surface area (Å²) in [7, 11) is 3.05. The maximum Gasteiger partial charge on any atom is 0.272 e. The van der Waals surface area contributed by atoms with E-state index in [1.165, 1.54) is 36.3 Å². The van der Waals surface area contributed by atoms with Gasteiger partial charge in [-0.3, -0.25) is 14.4 Å². The quantitative estimate of drug-likeness (QED) is 0.0914. The fourth-order valence-electron chi connectivity index (χ4n) is 4.26. The third-order valence-corrected chi connectivity index (χ3v) is 8.66. The van der Waals surface area contributed by atoms with Crippen LogP contribution >= 0.6 is 34.7 Å². The third kappa shape index (κ3) is 9.23. The number of benzene rings is 4. The molecule has 0 spiro atoms. The third-order valence-electron chi connectivity index (χ3n) is 6.64. The van der Waals surface area contributed by atoms with Gasteiger partial charge in [-0.05, 0) is 66.7 Å². The van der Waals surface area contributed by atoms with E-state index in [0.29, 0.717) is 38.5 Å². The van der Waals surface area contributed by atoms with Crippen molar-refractivity contribution in [2.75, 3.05) is 30.6 Å². The minimum absolute atomic E-state index is 0.0128. The Hall–Kier alpha value is -5.10. The number of amides is 3. The summed E-state index contributed by atoms with van der Waals surface area (Å²) in [5.41, 5.74) is 3.15. The van der Waals surface area contributed by atoms with E-state index < -0.39 is 11.8 Å². The number of carbonyl (C=O) groups is 3. The molecule has 5 aromatic rings. The van der Waals surface area contributed by atoms with E-state index in [-0.39, 0.29) is 17.4 Å². The van der Waals surface area contributed by atoms with Gasteiger partial charge in [0.2, 0.25) is 5.91 Å². The molecular weight excluding hydrogens is 656 g/mol. The maximum absolute atomic E-state index is 13.5. The first-order chi connectivity index (χ1) is 22.8. The van der Waals surface area contributed by atoms with Gasteiger partial charge in [-0.15, -0.1) is 23.1 Å². The maximum atomic E-state index is 13.5. The van der Waals surface area contributed by atoms with Crippen LogP contribution in [0.5, 0.6) is 11.5 Å². The van der Waals surface area contributed by atoms with Crippen LogP contribution in [0.25, 0.3) is 17.3 Å². The molecule has 1 heterocycles. The van der Waals surface area contributed by atoms with Gasteiger partial charge in [-0.1, -0.05) is 41.9 Å². The Labute approximate surface area is 285 Å². The number of nitrogens with zero attached hydrogens (tertiary/aromatic N) is 1. The van der Waals surface area contributed by atoms with E-state index in [0.717, 1.165) is 16.2 Å². The smallest absolute Gasteiger partial charge is 0.272 e. The Morgan fingerprint density at radius 1 is 0.894 bits per heavy atom. The number of hydrogen-bond acceptors (Lipinski definition) is 8. The molecule has 0 saturated carbocycles. The molecule has 5 rings (SSSR count). The lowest BCUT2D eigenvalue weighted by molar-refractivity contribution is -0.114. The molecular formula is C35H29ClN4O5S2. The highest BCUT2D eigenvalue weighted by Crippen LogP contribution is 2.28. The van der Waals surface area contributed by atoms with Crippen LogP contribution in [-0.2, 0) is 9.59 Å². The zero-order valence-electron chi connectivity index (χ0n) is 25.3. The predicted octanol–water partition coefficient (Wildman–Crippen LogP) is 7.62. The van der Waals surface area contributed by atoms with Gasteiger partial charge >= 0.3 is 0 Å². The predicted molar refractivity (Wildman–Crippen MR) is 188 cm³/mol. The lowest BCUT2D eigenvalue weighted by Gasteiger charge is -2.13. The molecule has 0 bridgehead atoms. The van der Waals surface area contributed by atoms with Crippen LogP contribution in [0.4, 0.5) is 10.8 Å².